The minimum atomic E-state index is -1.01. The molecule has 1 atom stereocenters. The van der Waals surface area contributed by atoms with E-state index < -0.39 is 11.9 Å². The van der Waals surface area contributed by atoms with E-state index in [-0.39, 0.29) is 35.6 Å². The molecule has 18 heavy (non-hydrogen) atoms. The lowest BCUT2D eigenvalue weighted by Gasteiger charge is -2.17. The molecule has 1 saturated heterocycles. The number of ether oxygens (including phenoxy) is 1. The van der Waals surface area contributed by atoms with E-state index in [1.165, 1.54) is 18.3 Å². The molecular weight excluding hydrogens is 262 g/mol. The molecule has 7 nitrogen and oxygen atoms in total. The van der Waals surface area contributed by atoms with Gasteiger partial charge in [-0.2, -0.15) is 0 Å². The van der Waals surface area contributed by atoms with Crippen LogP contribution in [0.25, 0.3) is 0 Å². The predicted octanol–water partition coefficient (Wildman–Crippen LogP) is 0.576. The van der Waals surface area contributed by atoms with Gasteiger partial charge in [-0.15, -0.1) is 0 Å². The average molecular weight is 272 g/mol. The largest absolute Gasteiger partial charge is 0.490 e. The molecule has 1 N–H and O–H groups in total. The molecule has 2 heterocycles. The van der Waals surface area contributed by atoms with Crippen molar-refractivity contribution < 1.29 is 19.4 Å². The van der Waals surface area contributed by atoms with Gasteiger partial charge in [0.2, 0.25) is 5.91 Å². The second-order valence-electron chi connectivity index (χ2n) is 3.76. The van der Waals surface area contributed by atoms with E-state index in [1.54, 1.807) is 0 Å². The Morgan fingerprint density at radius 1 is 1.61 bits per heavy atom. The Hall–Kier alpha value is -1.89. The van der Waals surface area contributed by atoms with Crippen molar-refractivity contribution in [3.63, 3.8) is 0 Å². The molecule has 0 radical (unpaired) electrons. The van der Waals surface area contributed by atoms with Gasteiger partial charge in [0, 0.05) is 13.0 Å². The van der Waals surface area contributed by atoms with Crippen LogP contribution in [0.5, 0.6) is 5.75 Å². The number of carbonyl (C=O) groups excluding carboxylic acids is 1. The first kappa shape index (κ1) is 12.6. The first-order valence-electron chi connectivity index (χ1n) is 5.12. The molecule has 1 unspecified atom stereocenters. The molecule has 1 aliphatic heterocycles. The molecule has 0 aliphatic carbocycles. The second kappa shape index (κ2) is 4.77. The highest BCUT2D eigenvalue weighted by molar-refractivity contribution is 6.31. The van der Waals surface area contributed by atoms with Gasteiger partial charge in [-0.3, -0.25) is 14.5 Å². The molecule has 2 rings (SSSR count). The van der Waals surface area contributed by atoms with Crippen LogP contribution in [0, 0.1) is 5.92 Å². The maximum absolute atomic E-state index is 11.8. The summed E-state index contributed by atoms with van der Waals surface area (Å²) in [7, 11) is 1.38. The van der Waals surface area contributed by atoms with Gasteiger partial charge in [-0.05, 0) is 0 Å². The highest BCUT2D eigenvalue weighted by Crippen LogP contribution is 2.34. The number of nitrogens with zero attached hydrogens (tertiary/aromatic N) is 3. The van der Waals surface area contributed by atoms with Gasteiger partial charge in [0.25, 0.3) is 0 Å². The number of aliphatic carboxylic acids is 1. The smallest absolute Gasteiger partial charge is 0.308 e. The van der Waals surface area contributed by atoms with E-state index in [1.807, 2.05) is 0 Å². The van der Waals surface area contributed by atoms with Gasteiger partial charge in [0.15, 0.2) is 16.7 Å². The summed E-state index contributed by atoms with van der Waals surface area (Å²) in [5.74, 6) is -1.71. The number of halogens is 1. The molecular formula is C10H10ClN3O4. The zero-order chi connectivity index (χ0) is 13.3. The first-order chi connectivity index (χ1) is 8.54. The fourth-order valence-corrected chi connectivity index (χ4v) is 1.99. The quantitative estimate of drug-likeness (QED) is 0.808. The molecule has 1 aromatic heterocycles. The molecule has 0 bridgehead atoms. The van der Waals surface area contributed by atoms with Crippen LogP contribution in [0.3, 0.4) is 0 Å². The van der Waals surface area contributed by atoms with Crippen molar-refractivity contribution in [2.24, 2.45) is 5.92 Å². The summed E-state index contributed by atoms with van der Waals surface area (Å²) in [4.78, 5) is 31.6. The minimum Gasteiger partial charge on any atom is -0.490 e. The molecule has 0 spiro atoms. The highest BCUT2D eigenvalue weighted by Gasteiger charge is 2.37. The number of rotatable bonds is 3. The number of anilines is 1. The Bertz CT molecular complexity index is 508. The Morgan fingerprint density at radius 2 is 2.33 bits per heavy atom. The zero-order valence-electron chi connectivity index (χ0n) is 9.46. The molecule has 8 heteroatoms. The Kier molecular flexibility index (Phi) is 3.33. The lowest BCUT2D eigenvalue weighted by Crippen LogP contribution is -2.27. The second-order valence-corrected chi connectivity index (χ2v) is 4.12. The lowest BCUT2D eigenvalue weighted by molar-refractivity contribution is -0.141. The molecule has 0 aromatic carbocycles. The Labute approximate surface area is 107 Å². The average Bonchev–Trinajstić information content (AvgIpc) is 2.71. The van der Waals surface area contributed by atoms with E-state index in [2.05, 4.69) is 9.97 Å². The van der Waals surface area contributed by atoms with Crippen LogP contribution in [0.4, 0.5) is 5.82 Å². The zero-order valence-corrected chi connectivity index (χ0v) is 10.2. The molecule has 1 fully saturated rings. The number of amides is 1. The summed E-state index contributed by atoms with van der Waals surface area (Å²) in [6.07, 6.45) is 1.14. The van der Waals surface area contributed by atoms with Crippen molar-refractivity contribution in [1.82, 2.24) is 9.97 Å². The van der Waals surface area contributed by atoms with Crippen LogP contribution in [0.2, 0.25) is 5.15 Å². The van der Waals surface area contributed by atoms with Gasteiger partial charge in [0.1, 0.15) is 6.33 Å². The van der Waals surface area contributed by atoms with Crippen LogP contribution in [-0.2, 0) is 9.59 Å². The molecule has 1 aliphatic rings. The standard InChI is InChI=1S/C10H10ClN3O4/c1-18-7-8(11)12-4-13-9(7)14-3-5(10(16)17)2-6(14)15/h4-5H,2-3H2,1H3,(H,16,17). The summed E-state index contributed by atoms with van der Waals surface area (Å²) in [5, 5.41) is 8.99. The van der Waals surface area contributed by atoms with Crippen LogP contribution in [0.15, 0.2) is 6.33 Å². The Balaban J connectivity index is 2.35. The van der Waals surface area contributed by atoms with E-state index in [0.717, 1.165) is 0 Å². The third kappa shape index (κ3) is 2.08. The molecule has 1 amide bonds. The van der Waals surface area contributed by atoms with Gasteiger partial charge < -0.3 is 9.84 Å². The van der Waals surface area contributed by atoms with E-state index in [4.69, 9.17) is 21.4 Å². The normalized spacial score (nSPS) is 19.1. The monoisotopic (exact) mass is 271 g/mol. The van der Waals surface area contributed by atoms with Crippen LogP contribution in [0.1, 0.15) is 6.42 Å². The summed E-state index contributed by atoms with van der Waals surface area (Å²) in [5.41, 5.74) is 0. The van der Waals surface area contributed by atoms with E-state index >= 15 is 0 Å². The predicted molar refractivity (Wildman–Crippen MR) is 61.7 cm³/mol. The molecule has 0 saturated carbocycles. The summed E-state index contributed by atoms with van der Waals surface area (Å²) in [6, 6.07) is 0. The van der Waals surface area contributed by atoms with Crippen molar-refractivity contribution in [2.75, 3.05) is 18.6 Å². The number of methoxy groups -OCH3 is 1. The van der Waals surface area contributed by atoms with Crippen molar-refractivity contribution in [1.29, 1.82) is 0 Å². The van der Waals surface area contributed by atoms with E-state index in [0.29, 0.717) is 0 Å². The van der Waals surface area contributed by atoms with Crippen molar-refractivity contribution in [3.8, 4) is 5.75 Å². The topological polar surface area (TPSA) is 92.6 Å². The van der Waals surface area contributed by atoms with Gasteiger partial charge >= 0.3 is 5.97 Å². The summed E-state index contributed by atoms with van der Waals surface area (Å²) >= 11 is 5.82. The van der Waals surface area contributed by atoms with Crippen LogP contribution in [-0.4, -0.2) is 40.6 Å². The Morgan fingerprint density at radius 3 is 2.89 bits per heavy atom. The van der Waals surface area contributed by atoms with Gasteiger partial charge in [-0.25, -0.2) is 9.97 Å². The fraction of sp³-hybridized carbons (Fsp3) is 0.400. The lowest BCUT2D eigenvalue weighted by atomic mass is 10.1. The highest BCUT2D eigenvalue weighted by atomic mass is 35.5. The first-order valence-corrected chi connectivity index (χ1v) is 5.50. The molecule has 1 aromatic rings. The number of hydrogen-bond acceptors (Lipinski definition) is 5. The van der Waals surface area contributed by atoms with Crippen molar-refractivity contribution in [2.45, 2.75) is 6.42 Å². The molecule has 96 valence electrons. The minimum absolute atomic E-state index is 0.0534. The third-order valence-electron chi connectivity index (χ3n) is 2.68. The number of aromatic nitrogens is 2. The number of carboxylic acid groups (broad SMARTS) is 1. The number of carbonyl (C=O) groups is 2. The van der Waals surface area contributed by atoms with E-state index in [9.17, 15) is 9.59 Å². The van der Waals surface area contributed by atoms with Gasteiger partial charge in [-0.1, -0.05) is 11.6 Å². The maximum Gasteiger partial charge on any atom is 0.308 e. The summed E-state index contributed by atoms with van der Waals surface area (Å²) < 4.78 is 5.03. The number of carboxylic acids is 1. The van der Waals surface area contributed by atoms with Crippen LogP contribution >= 0.6 is 11.6 Å². The van der Waals surface area contributed by atoms with Crippen molar-refractivity contribution in [3.05, 3.63) is 11.5 Å². The summed E-state index contributed by atoms with van der Waals surface area (Å²) in [6.45, 7) is 0.0534. The number of hydrogen-bond donors (Lipinski definition) is 1. The fourth-order valence-electron chi connectivity index (χ4n) is 1.79. The van der Waals surface area contributed by atoms with Crippen LogP contribution < -0.4 is 9.64 Å². The van der Waals surface area contributed by atoms with Crippen molar-refractivity contribution >= 4 is 29.3 Å². The van der Waals surface area contributed by atoms with Gasteiger partial charge in [0.05, 0.1) is 13.0 Å². The third-order valence-corrected chi connectivity index (χ3v) is 2.94. The SMILES string of the molecule is COc1c(Cl)ncnc1N1CC(C(=O)O)CC1=O. The maximum atomic E-state index is 11.8.